The molecule has 0 aromatic rings. The Morgan fingerprint density at radius 3 is 2.47 bits per heavy atom. The van der Waals surface area contributed by atoms with E-state index < -0.39 is 0 Å². The molecule has 1 spiro atoms. The Labute approximate surface area is 119 Å². The van der Waals surface area contributed by atoms with Crippen LogP contribution in [0, 0.1) is 5.92 Å². The van der Waals surface area contributed by atoms with Crippen molar-refractivity contribution < 1.29 is 0 Å². The molecule has 1 heterocycles. The summed E-state index contributed by atoms with van der Waals surface area (Å²) in [7, 11) is 0. The molecule has 2 aliphatic carbocycles. The van der Waals surface area contributed by atoms with Crippen molar-refractivity contribution in [3.05, 3.63) is 0 Å². The Morgan fingerprint density at radius 2 is 1.74 bits per heavy atom. The maximum atomic E-state index is 3.94. The highest BCUT2D eigenvalue weighted by molar-refractivity contribution is 4.97. The first-order valence-electron chi connectivity index (χ1n) is 8.77. The molecular weight excluding hydrogens is 232 g/mol. The van der Waals surface area contributed by atoms with E-state index in [1.54, 1.807) is 0 Å². The lowest BCUT2D eigenvalue weighted by Crippen LogP contribution is -2.53. The van der Waals surface area contributed by atoms with Gasteiger partial charge in [-0.15, -0.1) is 0 Å². The first kappa shape index (κ1) is 13.9. The van der Waals surface area contributed by atoms with Gasteiger partial charge in [0.1, 0.15) is 0 Å². The van der Waals surface area contributed by atoms with Gasteiger partial charge >= 0.3 is 0 Å². The van der Waals surface area contributed by atoms with E-state index in [1.807, 2.05) is 0 Å². The van der Waals surface area contributed by atoms with Gasteiger partial charge in [0.2, 0.25) is 0 Å². The number of hydrogen-bond acceptors (Lipinski definition) is 2. The summed E-state index contributed by atoms with van der Waals surface area (Å²) in [6, 6.07) is 0.786. The van der Waals surface area contributed by atoms with Crippen LogP contribution in [0.3, 0.4) is 0 Å². The van der Waals surface area contributed by atoms with Gasteiger partial charge in [0.05, 0.1) is 0 Å². The molecule has 3 aliphatic rings. The molecule has 0 bridgehead atoms. The monoisotopic (exact) mass is 264 g/mol. The second kappa shape index (κ2) is 6.13. The van der Waals surface area contributed by atoms with E-state index in [2.05, 4.69) is 17.1 Å². The second-order valence-electron chi connectivity index (χ2n) is 7.49. The van der Waals surface area contributed by atoms with Crippen molar-refractivity contribution in [1.82, 2.24) is 10.2 Å². The first-order chi connectivity index (χ1) is 9.27. The molecule has 1 saturated heterocycles. The van der Waals surface area contributed by atoms with Gasteiger partial charge in [-0.1, -0.05) is 32.1 Å². The van der Waals surface area contributed by atoms with Crippen LogP contribution < -0.4 is 5.32 Å². The molecule has 2 heteroatoms. The van der Waals surface area contributed by atoms with Crippen LogP contribution in [0.5, 0.6) is 0 Å². The van der Waals surface area contributed by atoms with E-state index in [9.17, 15) is 0 Å². The summed E-state index contributed by atoms with van der Waals surface area (Å²) < 4.78 is 0. The van der Waals surface area contributed by atoms with Crippen molar-refractivity contribution in [2.75, 3.05) is 19.6 Å². The zero-order valence-corrected chi connectivity index (χ0v) is 12.8. The number of rotatable bonds is 2. The Morgan fingerprint density at radius 1 is 1.00 bits per heavy atom. The average molecular weight is 264 g/mol. The summed E-state index contributed by atoms with van der Waals surface area (Å²) in [5, 5.41) is 3.94. The van der Waals surface area contributed by atoms with Crippen LogP contribution in [0.4, 0.5) is 0 Å². The molecule has 2 nitrogen and oxygen atoms in total. The van der Waals surface area contributed by atoms with E-state index in [0.29, 0.717) is 5.54 Å². The van der Waals surface area contributed by atoms with Gasteiger partial charge < -0.3 is 5.32 Å². The molecule has 0 aromatic carbocycles. The van der Waals surface area contributed by atoms with Crippen molar-refractivity contribution in [3.8, 4) is 0 Å². The Balaban J connectivity index is 1.65. The fourth-order valence-electron chi connectivity index (χ4n) is 4.66. The first-order valence-corrected chi connectivity index (χ1v) is 8.77. The van der Waals surface area contributed by atoms with Gasteiger partial charge in [-0.3, -0.25) is 4.90 Å². The Bertz CT molecular complexity index is 277. The number of nitrogens with one attached hydrogen (secondary N) is 1. The summed E-state index contributed by atoms with van der Waals surface area (Å²) >= 11 is 0. The molecule has 1 N–H and O–H groups in total. The lowest BCUT2D eigenvalue weighted by molar-refractivity contribution is 0.121. The van der Waals surface area contributed by atoms with Crippen molar-refractivity contribution in [1.29, 1.82) is 0 Å². The zero-order chi connectivity index (χ0) is 13.1. The fourth-order valence-corrected chi connectivity index (χ4v) is 4.66. The van der Waals surface area contributed by atoms with E-state index in [-0.39, 0.29) is 0 Å². The van der Waals surface area contributed by atoms with E-state index in [1.165, 1.54) is 83.8 Å². The molecule has 0 radical (unpaired) electrons. The van der Waals surface area contributed by atoms with E-state index in [0.717, 1.165) is 12.0 Å². The minimum absolute atomic E-state index is 0.474. The third-order valence-corrected chi connectivity index (χ3v) is 5.97. The normalized spacial score (nSPS) is 33.6. The largest absolute Gasteiger partial charge is 0.310 e. The van der Waals surface area contributed by atoms with Crippen molar-refractivity contribution in [2.24, 2.45) is 5.92 Å². The van der Waals surface area contributed by atoms with Gasteiger partial charge in [-0.2, -0.15) is 0 Å². The zero-order valence-electron chi connectivity index (χ0n) is 12.8. The molecule has 3 rings (SSSR count). The predicted molar refractivity (Wildman–Crippen MR) is 81.4 cm³/mol. The molecule has 19 heavy (non-hydrogen) atoms. The quantitative estimate of drug-likeness (QED) is 0.820. The van der Waals surface area contributed by atoms with Gasteiger partial charge in [-0.25, -0.2) is 0 Å². The van der Waals surface area contributed by atoms with Crippen molar-refractivity contribution >= 4 is 0 Å². The molecule has 1 aliphatic heterocycles. The summed E-state index contributed by atoms with van der Waals surface area (Å²) in [5.74, 6) is 1.00. The van der Waals surface area contributed by atoms with Crippen molar-refractivity contribution in [2.45, 2.75) is 82.7 Å². The van der Waals surface area contributed by atoms with Gasteiger partial charge in [0.15, 0.2) is 0 Å². The number of hydrogen-bond donors (Lipinski definition) is 1. The molecule has 1 atom stereocenters. The van der Waals surface area contributed by atoms with E-state index in [4.69, 9.17) is 0 Å². The molecule has 2 saturated carbocycles. The topological polar surface area (TPSA) is 15.3 Å². The molecule has 0 aromatic heterocycles. The van der Waals surface area contributed by atoms with Crippen LogP contribution in [-0.2, 0) is 0 Å². The number of nitrogens with zero attached hydrogens (tertiary/aromatic N) is 1. The molecule has 3 fully saturated rings. The Hall–Kier alpha value is -0.0800. The maximum absolute atomic E-state index is 3.94. The van der Waals surface area contributed by atoms with Crippen LogP contribution in [-0.4, -0.2) is 36.1 Å². The van der Waals surface area contributed by atoms with Crippen LogP contribution >= 0.6 is 0 Å². The third-order valence-electron chi connectivity index (χ3n) is 5.97. The van der Waals surface area contributed by atoms with Crippen LogP contribution in [0.15, 0.2) is 0 Å². The lowest BCUT2D eigenvalue weighted by atomic mass is 9.81. The highest BCUT2D eigenvalue weighted by Crippen LogP contribution is 2.33. The minimum Gasteiger partial charge on any atom is -0.310 e. The standard InChI is InChI=1S/C17H32N2/c1-15-9-12-18-17(10-5-2-6-11-17)14-19(15)13-16-7-3-4-8-16/h15-16,18H,2-14H2,1H3. The predicted octanol–water partition coefficient (Wildman–Crippen LogP) is 3.56. The highest BCUT2D eigenvalue weighted by Gasteiger charge is 2.37. The van der Waals surface area contributed by atoms with Gasteiger partial charge in [0.25, 0.3) is 0 Å². The average Bonchev–Trinajstić information content (AvgIpc) is 2.87. The second-order valence-corrected chi connectivity index (χ2v) is 7.49. The minimum atomic E-state index is 0.474. The lowest BCUT2D eigenvalue weighted by Gasteiger charge is -2.41. The summed E-state index contributed by atoms with van der Waals surface area (Å²) in [4.78, 5) is 2.85. The third kappa shape index (κ3) is 3.33. The maximum Gasteiger partial charge on any atom is 0.0308 e. The molecule has 1 unspecified atom stereocenters. The molecular formula is C17H32N2. The van der Waals surface area contributed by atoms with Crippen LogP contribution in [0.2, 0.25) is 0 Å². The molecule has 0 amide bonds. The highest BCUT2D eigenvalue weighted by atomic mass is 15.2. The fraction of sp³-hybridized carbons (Fsp3) is 1.00. The van der Waals surface area contributed by atoms with Gasteiger partial charge in [-0.05, 0) is 51.5 Å². The van der Waals surface area contributed by atoms with Crippen molar-refractivity contribution in [3.63, 3.8) is 0 Å². The van der Waals surface area contributed by atoms with E-state index >= 15 is 0 Å². The smallest absolute Gasteiger partial charge is 0.0308 e. The Kier molecular flexibility index (Phi) is 4.48. The SMILES string of the molecule is CC1CCNC2(CCCCC2)CN1CC1CCCC1. The van der Waals surface area contributed by atoms with Crippen LogP contribution in [0.1, 0.15) is 71.1 Å². The van der Waals surface area contributed by atoms with Gasteiger partial charge in [0, 0.05) is 24.7 Å². The molecule has 110 valence electrons. The summed E-state index contributed by atoms with van der Waals surface area (Å²) in [6.07, 6.45) is 14.5. The van der Waals surface area contributed by atoms with Crippen LogP contribution in [0.25, 0.3) is 0 Å². The summed E-state index contributed by atoms with van der Waals surface area (Å²) in [6.45, 7) is 6.40. The summed E-state index contributed by atoms with van der Waals surface area (Å²) in [5.41, 5.74) is 0.474.